The van der Waals surface area contributed by atoms with Gasteiger partial charge in [0.25, 0.3) is 0 Å². The predicted molar refractivity (Wildman–Crippen MR) is 114 cm³/mol. The van der Waals surface area contributed by atoms with Crippen molar-refractivity contribution in [2.24, 2.45) is 0 Å². The third kappa shape index (κ3) is 9.32. The number of hydrogen-bond donors (Lipinski definition) is 2. The van der Waals surface area contributed by atoms with E-state index in [0.717, 1.165) is 11.4 Å². The molecule has 2 rings (SSSR count). The molecule has 0 heterocycles. The van der Waals surface area contributed by atoms with Gasteiger partial charge in [0.05, 0.1) is 19.8 Å². The zero-order chi connectivity index (χ0) is 20.7. The van der Waals surface area contributed by atoms with Crippen LogP contribution in [0.5, 0.6) is 11.5 Å². The average Bonchev–Trinajstić information content (AvgIpc) is 2.73. The Morgan fingerprint density at radius 2 is 1.34 bits per heavy atom. The quantitative estimate of drug-likeness (QED) is 0.471. The maximum Gasteiger partial charge on any atom is 0.243 e. The normalized spacial score (nSPS) is 10.4. The predicted octanol–water partition coefficient (Wildman–Crippen LogP) is 3.57. The second kappa shape index (κ2) is 13.4. The Morgan fingerprint density at radius 3 is 1.93 bits per heavy atom. The first-order valence-corrected chi connectivity index (χ1v) is 9.86. The van der Waals surface area contributed by atoms with Gasteiger partial charge in [-0.3, -0.25) is 4.79 Å². The molecule has 1 amide bonds. The molecule has 0 aliphatic carbocycles. The van der Waals surface area contributed by atoms with Crippen molar-refractivity contribution in [3.8, 4) is 11.5 Å². The third-order valence-corrected chi connectivity index (χ3v) is 3.81. The van der Waals surface area contributed by atoms with Crippen molar-refractivity contribution in [3.63, 3.8) is 0 Å². The molecule has 0 aromatic heterocycles. The lowest BCUT2D eigenvalue weighted by molar-refractivity contribution is -0.114. The van der Waals surface area contributed by atoms with E-state index in [2.05, 4.69) is 10.6 Å². The number of anilines is 2. The van der Waals surface area contributed by atoms with Crippen LogP contribution in [0.4, 0.5) is 11.4 Å². The summed E-state index contributed by atoms with van der Waals surface area (Å²) in [6.45, 7) is 7.39. The molecule has 7 nitrogen and oxygen atoms in total. The van der Waals surface area contributed by atoms with Crippen molar-refractivity contribution < 1.29 is 23.7 Å². The molecule has 2 aromatic rings. The second-order valence-electron chi connectivity index (χ2n) is 6.05. The van der Waals surface area contributed by atoms with Crippen LogP contribution in [0, 0.1) is 0 Å². The lowest BCUT2D eigenvalue weighted by atomic mass is 10.3. The molecule has 158 valence electrons. The fourth-order valence-electron chi connectivity index (χ4n) is 2.47. The molecular formula is C22H30N2O5. The molecule has 0 atom stereocenters. The molecule has 0 fully saturated rings. The van der Waals surface area contributed by atoms with Crippen LogP contribution >= 0.6 is 0 Å². The van der Waals surface area contributed by atoms with Gasteiger partial charge < -0.3 is 29.6 Å². The summed E-state index contributed by atoms with van der Waals surface area (Å²) in [5, 5.41) is 5.96. The first-order valence-electron chi connectivity index (χ1n) is 9.86. The Bertz CT molecular complexity index is 739. The van der Waals surface area contributed by atoms with Gasteiger partial charge >= 0.3 is 0 Å². The smallest absolute Gasteiger partial charge is 0.243 e. The van der Waals surface area contributed by atoms with Gasteiger partial charge in [-0.1, -0.05) is 12.1 Å². The molecular weight excluding hydrogens is 372 g/mol. The molecule has 0 radical (unpaired) electrons. The number of ether oxygens (including phenoxy) is 4. The van der Waals surface area contributed by atoms with Gasteiger partial charge in [0.1, 0.15) is 24.7 Å². The number of benzene rings is 2. The highest BCUT2D eigenvalue weighted by Gasteiger charge is 2.05. The third-order valence-electron chi connectivity index (χ3n) is 3.81. The summed E-state index contributed by atoms with van der Waals surface area (Å²) >= 11 is 0. The van der Waals surface area contributed by atoms with E-state index in [1.54, 1.807) is 6.07 Å². The standard InChI is InChI=1S/C22H30N2O5/c1-3-26-11-13-28-20-9-5-7-18(15-20)23-17-22(25)24-19-8-6-10-21(16-19)29-14-12-27-4-2/h5-10,15-16,23H,3-4,11-14,17H2,1-2H3,(H,24,25). The van der Waals surface area contributed by atoms with Crippen LogP contribution in [-0.4, -0.2) is 52.1 Å². The van der Waals surface area contributed by atoms with E-state index in [0.29, 0.717) is 51.1 Å². The van der Waals surface area contributed by atoms with Crippen molar-refractivity contribution in [1.29, 1.82) is 0 Å². The van der Waals surface area contributed by atoms with E-state index in [1.165, 1.54) is 0 Å². The molecule has 0 spiro atoms. The lowest BCUT2D eigenvalue weighted by Gasteiger charge is -2.11. The maximum absolute atomic E-state index is 12.2. The molecule has 0 saturated carbocycles. The maximum atomic E-state index is 12.2. The number of amides is 1. The second-order valence-corrected chi connectivity index (χ2v) is 6.05. The number of rotatable bonds is 14. The van der Waals surface area contributed by atoms with E-state index in [9.17, 15) is 4.79 Å². The Labute approximate surface area is 172 Å². The summed E-state index contributed by atoms with van der Waals surface area (Å²) in [5.74, 6) is 1.26. The van der Waals surface area contributed by atoms with E-state index in [1.807, 2.05) is 56.3 Å². The fraction of sp³-hybridized carbons (Fsp3) is 0.409. The van der Waals surface area contributed by atoms with E-state index < -0.39 is 0 Å². The Kier molecular flexibility index (Phi) is 10.4. The van der Waals surface area contributed by atoms with Gasteiger partial charge in [0, 0.05) is 36.7 Å². The van der Waals surface area contributed by atoms with Gasteiger partial charge in [-0.05, 0) is 38.1 Å². The van der Waals surface area contributed by atoms with Crippen LogP contribution in [-0.2, 0) is 14.3 Å². The van der Waals surface area contributed by atoms with Crippen LogP contribution in [0.2, 0.25) is 0 Å². The minimum absolute atomic E-state index is 0.137. The van der Waals surface area contributed by atoms with Gasteiger partial charge in [-0.15, -0.1) is 0 Å². The summed E-state index contributed by atoms with van der Waals surface area (Å²) in [6, 6.07) is 14.8. The summed E-state index contributed by atoms with van der Waals surface area (Å²) in [6.07, 6.45) is 0. The SMILES string of the molecule is CCOCCOc1cccc(NCC(=O)Nc2cccc(OCCOCC)c2)c1. The van der Waals surface area contributed by atoms with Crippen molar-refractivity contribution in [3.05, 3.63) is 48.5 Å². The number of nitrogens with one attached hydrogen (secondary N) is 2. The highest BCUT2D eigenvalue weighted by molar-refractivity contribution is 5.93. The van der Waals surface area contributed by atoms with Crippen LogP contribution in [0.3, 0.4) is 0 Å². The Balaban J connectivity index is 1.76. The van der Waals surface area contributed by atoms with Gasteiger partial charge in [-0.2, -0.15) is 0 Å². The topological polar surface area (TPSA) is 78.1 Å². The molecule has 0 aliphatic heterocycles. The lowest BCUT2D eigenvalue weighted by Crippen LogP contribution is -2.21. The zero-order valence-electron chi connectivity index (χ0n) is 17.1. The summed E-state index contributed by atoms with van der Waals surface area (Å²) < 4.78 is 21.7. The first kappa shape index (κ1) is 22.5. The number of hydrogen-bond acceptors (Lipinski definition) is 6. The number of carbonyl (C=O) groups excluding carboxylic acids is 1. The van der Waals surface area contributed by atoms with Crippen molar-refractivity contribution in [2.45, 2.75) is 13.8 Å². The zero-order valence-corrected chi connectivity index (χ0v) is 17.1. The van der Waals surface area contributed by atoms with Crippen LogP contribution in [0.15, 0.2) is 48.5 Å². The molecule has 7 heteroatoms. The van der Waals surface area contributed by atoms with Crippen molar-refractivity contribution >= 4 is 17.3 Å². The van der Waals surface area contributed by atoms with Crippen LogP contribution in [0.1, 0.15) is 13.8 Å². The summed E-state index contributed by atoms with van der Waals surface area (Å²) in [4.78, 5) is 12.2. The highest BCUT2D eigenvalue weighted by Crippen LogP contribution is 2.18. The molecule has 29 heavy (non-hydrogen) atoms. The summed E-state index contributed by atoms with van der Waals surface area (Å²) in [5.41, 5.74) is 1.49. The van der Waals surface area contributed by atoms with E-state index in [4.69, 9.17) is 18.9 Å². The Hall–Kier alpha value is -2.77. The minimum atomic E-state index is -0.154. The molecule has 0 aliphatic rings. The van der Waals surface area contributed by atoms with Gasteiger partial charge in [0.15, 0.2) is 0 Å². The van der Waals surface area contributed by atoms with E-state index >= 15 is 0 Å². The monoisotopic (exact) mass is 402 g/mol. The summed E-state index contributed by atoms with van der Waals surface area (Å²) in [7, 11) is 0. The largest absolute Gasteiger partial charge is 0.491 e. The molecule has 0 saturated heterocycles. The fourth-order valence-corrected chi connectivity index (χ4v) is 2.47. The first-order chi connectivity index (χ1) is 14.2. The van der Waals surface area contributed by atoms with Crippen LogP contribution in [0.25, 0.3) is 0 Å². The van der Waals surface area contributed by atoms with Gasteiger partial charge in [0.2, 0.25) is 5.91 Å². The van der Waals surface area contributed by atoms with Crippen LogP contribution < -0.4 is 20.1 Å². The minimum Gasteiger partial charge on any atom is -0.491 e. The highest BCUT2D eigenvalue weighted by atomic mass is 16.5. The Morgan fingerprint density at radius 1 is 0.793 bits per heavy atom. The van der Waals surface area contributed by atoms with E-state index in [-0.39, 0.29) is 12.5 Å². The molecule has 2 aromatic carbocycles. The van der Waals surface area contributed by atoms with Gasteiger partial charge in [-0.25, -0.2) is 0 Å². The number of carbonyl (C=O) groups is 1. The molecule has 2 N–H and O–H groups in total. The molecule has 0 bridgehead atoms. The van der Waals surface area contributed by atoms with Crippen molar-refractivity contribution in [1.82, 2.24) is 0 Å². The average molecular weight is 402 g/mol. The van der Waals surface area contributed by atoms with Crippen molar-refractivity contribution in [2.75, 3.05) is 56.8 Å². The molecule has 0 unspecified atom stereocenters.